The van der Waals surface area contributed by atoms with Gasteiger partial charge in [-0.2, -0.15) is 0 Å². The van der Waals surface area contributed by atoms with Gasteiger partial charge in [-0.25, -0.2) is 9.18 Å². The van der Waals surface area contributed by atoms with E-state index >= 15 is 0 Å². The standard InChI is InChI=1S/C14H17FO3/c15-12-7-6-11(14(16)17)8-13(12)18-9-10-4-2-1-3-5-10/h6-8,10H,1-5,9H2,(H,16,17). The molecule has 1 N–H and O–H groups in total. The zero-order valence-corrected chi connectivity index (χ0v) is 10.2. The van der Waals surface area contributed by atoms with Gasteiger partial charge in [0.15, 0.2) is 11.6 Å². The maximum atomic E-state index is 13.5. The lowest BCUT2D eigenvalue weighted by molar-refractivity contribution is 0.0696. The molecule has 1 aromatic carbocycles. The molecular weight excluding hydrogens is 235 g/mol. The van der Waals surface area contributed by atoms with Crippen LogP contribution in [-0.4, -0.2) is 17.7 Å². The third-order valence-electron chi connectivity index (χ3n) is 3.38. The zero-order valence-electron chi connectivity index (χ0n) is 10.2. The van der Waals surface area contributed by atoms with E-state index in [1.807, 2.05) is 0 Å². The molecule has 3 nitrogen and oxygen atoms in total. The summed E-state index contributed by atoms with van der Waals surface area (Å²) < 4.78 is 18.9. The zero-order chi connectivity index (χ0) is 13.0. The predicted molar refractivity (Wildman–Crippen MR) is 65.4 cm³/mol. The van der Waals surface area contributed by atoms with E-state index in [1.54, 1.807) is 0 Å². The van der Waals surface area contributed by atoms with Crippen LogP contribution in [0.25, 0.3) is 0 Å². The van der Waals surface area contributed by atoms with Gasteiger partial charge < -0.3 is 9.84 Å². The first-order chi connectivity index (χ1) is 8.66. The van der Waals surface area contributed by atoms with E-state index in [1.165, 1.54) is 31.4 Å². The lowest BCUT2D eigenvalue weighted by Crippen LogP contribution is -2.15. The molecule has 1 aromatic rings. The Morgan fingerprint density at radius 2 is 2.06 bits per heavy atom. The molecular formula is C14H17FO3. The van der Waals surface area contributed by atoms with Crippen LogP contribution in [0.2, 0.25) is 0 Å². The SMILES string of the molecule is O=C(O)c1ccc(F)c(OCC2CCCCC2)c1. The van der Waals surface area contributed by atoms with Crippen LogP contribution < -0.4 is 4.74 Å². The molecule has 1 aliphatic rings. The Labute approximate surface area is 106 Å². The highest BCUT2D eigenvalue weighted by Crippen LogP contribution is 2.26. The number of carboxylic acid groups (broad SMARTS) is 1. The third kappa shape index (κ3) is 3.22. The Balaban J connectivity index is 1.99. The summed E-state index contributed by atoms with van der Waals surface area (Å²) in [5.41, 5.74) is 0.0510. The van der Waals surface area contributed by atoms with Gasteiger partial charge in [-0.15, -0.1) is 0 Å². The molecule has 0 heterocycles. The van der Waals surface area contributed by atoms with Crippen molar-refractivity contribution in [1.82, 2.24) is 0 Å². The molecule has 18 heavy (non-hydrogen) atoms. The fraction of sp³-hybridized carbons (Fsp3) is 0.500. The van der Waals surface area contributed by atoms with Crippen molar-refractivity contribution in [3.8, 4) is 5.75 Å². The number of aromatic carboxylic acids is 1. The van der Waals surface area contributed by atoms with E-state index in [-0.39, 0.29) is 11.3 Å². The molecule has 0 atom stereocenters. The van der Waals surface area contributed by atoms with Crippen molar-refractivity contribution >= 4 is 5.97 Å². The summed E-state index contributed by atoms with van der Waals surface area (Å²) >= 11 is 0. The number of ether oxygens (including phenoxy) is 1. The van der Waals surface area contributed by atoms with E-state index < -0.39 is 11.8 Å². The van der Waals surface area contributed by atoms with Crippen molar-refractivity contribution < 1.29 is 19.0 Å². The van der Waals surface area contributed by atoms with Crippen LogP contribution >= 0.6 is 0 Å². The van der Waals surface area contributed by atoms with Crippen molar-refractivity contribution in [3.63, 3.8) is 0 Å². The number of hydrogen-bond acceptors (Lipinski definition) is 2. The topological polar surface area (TPSA) is 46.5 Å². The van der Waals surface area contributed by atoms with Crippen LogP contribution in [0.1, 0.15) is 42.5 Å². The Kier molecular flexibility index (Phi) is 4.18. The largest absolute Gasteiger partial charge is 0.490 e. The molecule has 0 spiro atoms. The number of carboxylic acids is 1. The number of carbonyl (C=O) groups is 1. The Morgan fingerprint density at radius 3 is 2.72 bits per heavy atom. The maximum Gasteiger partial charge on any atom is 0.335 e. The van der Waals surface area contributed by atoms with Crippen LogP contribution in [0.15, 0.2) is 18.2 Å². The smallest absolute Gasteiger partial charge is 0.335 e. The average Bonchev–Trinajstić information content (AvgIpc) is 2.38. The lowest BCUT2D eigenvalue weighted by atomic mass is 9.90. The van der Waals surface area contributed by atoms with Crippen molar-refractivity contribution in [2.24, 2.45) is 5.92 Å². The summed E-state index contributed by atoms with van der Waals surface area (Å²) in [6, 6.07) is 3.63. The van der Waals surface area contributed by atoms with Crippen LogP contribution in [0.3, 0.4) is 0 Å². The van der Waals surface area contributed by atoms with Gasteiger partial charge in [-0.1, -0.05) is 19.3 Å². The van der Waals surface area contributed by atoms with E-state index in [0.717, 1.165) is 18.9 Å². The van der Waals surface area contributed by atoms with Crippen LogP contribution in [0.4, 0.5) is 4.39 Å². The Morgan fingerprint density at radius 1 is 1.33 bits per heavy atom. The highest BCUT2D eigenvalue weighted by molar-refractivity contribution is 5.88. The highest BCUT2D eigenvalue weighted by Gasteiger charge is 2.16. The van der Waals surface area contributed by atoms with Gasteiger partial charge in [0, 0.05) is 0 Å². The van der Waals surface area contributed by atoms with E-state index in [4.69, 9.17) is 9.84 Å². The molecule has 0 amide bonds. The first-order valence-electron chi connectivity index (χ1n) is 6.32. The molecule has 0 radical (unpaired) electrons. The monoisotopic (exact) mass is 252 g/mol. The van der Waals surface area contributed by atoms with Gasteiger partial charge in [0.1, 0.15) is 0 Å². The van der Waals surface area contributed by atoms with E-state index in [0.29, 0.717) is 12.5 Å². The Hall–Kier alpha value is -1.58. The molecule has 1 saturated carbocycles. The van der Waals surface area contributed by atoms with Gasteiger partial charge >= 0.3 is 5.97 Å². The molecule has 2 rings (SSSR count). The number of hydrogen-bond donors (Lipinski definition) is 1. The molecule has 98 valence electrons. The van der Waals surface area contributed by atoms with Gasteiger partial charge in [-0.05, 0) is 37.0 Å². The normalized spacial score (nSPS) is 16.5. The molecule has 1 fully saturated rings. The molecule has 0 aromatic heterocycles. The van der Waals surface area contributed by atoms with Crippen molar-refractivity contribution in [1.29, 1.82) is 0 Å². The highest BCUT2D eigenvalue weighted by atomic mass is 19.1. The summed E-state index contributed by atoms with van der Waals surface area (Å²) in [5, 5.41) is 8.84. The lowest BCUT2D eigenvalue weighted by Gasteiger charge is -2.21. The molecule has 0 unspecified atom stereocenters. The van der Waals surface area contributed by atoms with Gasteiger partial charge in [0.2, 0.25) is 0 Å². The Bertz CT molecular complexity index is 425. The number of benzene rings is 1. The fourth-order valence-corrected chi connectivity index (χ4v) is 2.31. The molecule has 1 aliphatic carbocycles. The fourth-order valence-electron chi connectivity index (χ4n) is 2.31. The minimum Gasteiger partial charge on any atom is -0.490 e. The minimum atomic E-state index is -1.07. The molecule has 0 bridgehead atoms. The van der Waals surface area contributed by atoms with Crippen LogP contribution in [0.5, 0.6) is 5.75 Å². The van der Waals surface area contributed by atoms with Crippen molar-refractivity contribution in [2.75, 3.05) is 6.61 Å². The summed E-state index contributed by atoms with van der Waals surface area (Å²) in [6.07, 6.45) is 5.89. The number of rotatable bonds is 4. The molecule has 0 aliphatic heterocycles. The summed E-state index contributed by atoms with van der Waals surface area (Å²) in [6.45, 7) is 0.472. The summed E-state index contributed by atoms with van der Waals surface area (Å²) in [7, 11) is 0. The van der Waals surface area contributed by atoms with Crippen molar-refractivity contribution in [2.45, 2.75) is 32.1 Å². The first-order valence-corrected chi connectivity index (χ1v) is 6.32. The second-order valence-corrected chi connectivity index (χ2v) is 4.77. The molecule has 0 saturated heterocycles. The van der Waals surface area contributed by atoms with E-state index in [9.17, 15) is 9.18 Å². The first kappa shape index (κ1) is 12.9. The van der Waals surface area contributed by atoms with Gasteiger partial charge in [-0.3, -0.25) is 0 Å². The summed E-state index contributed by atoms with van der Waals surface area (Å²) in [5.74, 6) is -1.07. The van der Waals surface area contributed by atoms with Crippen molar-refractivity contribution in [3.05, 3.63) is 29.6 Å². The molecule has 4 heteroatoms. The van der Waals surface area contributed by atoms with Gasteiger partial charge in [0.05, 0.1) is 12.2 Å². The van der Waals surface area contributed by atoms with E-state index in [2.05, 4.69) is 0 Å². The number of halogens is 1. The average molecular weight is 252 g/mol. The quantitative estimate of drug-likeness (QED) is 0.892. The second kappa shape index (κ2) is 5.85. The maximum absolute atomic E-state index is 13.5. The second-order valence-electron chi connectivity index (χ2n) is 4.77. The van der Waals surface area contributed by atoms with Gasteiger partial charge in [0.25, 0.3) is 0 Å². The van der Waals surface area contributed by atoms with Crippen LogP contribution in [0, 0.1) is 11.7 Å². The van der Waals surface area contributed by atoms with Crippen LogP contribution in [-0.2, 0) is 0 Å². The third-order valence-corrected chi connectivity index (χ3v) is 3.38. The minimum absolute atomic E-state index is 0.0421. The predicted octanol–water partition coefficient (Wildman–Crippen LogP) is 3.48. The summed E-state index contributed by atoms with van der Waals surface area (Å²) in [4.78, 5) is 10.8.